The summed E-state index contributed by atoms with van der Waals surface area (Å²) in [6.45, 7) is 3.08. The third kappa shape index (κ3) is 3.05. The molecule has 0 spiro atoms. The lowest BCUT2D eigenvalue weighted by Gasteiger charge is -2.43. The zero-order valence-electron chi connectivity index (χ0n) is 15.0. The van der Waals surface area contributed by atoms with Gasteiger partial charge in [-0.05, 0) is 37.5 Å². The monoisotopic (exact) mass is 349 g/mol. The molecule has 2 aromatic carbocycles. The van der Waals surface area contributed by atoms with Crippen LogP contribution in [0.2, 0.25) is 0 Å². The van der Waals surface area contributed by atoms with Crippen LogP contribution in [-0.2, 0) is 9.59 Å². The SMILES string of the molecule is Cc1ccc(N2CC(=O)N3CCC[C@H](c4ccccc4)N3C(=O)C2)cc1. The summed E-state index contributed by atoms with van der Waals surface area (Å²) in [7, 11) is 0. The van der Waals surface area contributed by atoms with E-state index in [1.807, 2.05) is 66.4 Å². The summed E-state index contributed by atoms with van der Waals surface area (Å²) in [5.74, 6) is -0.0398. The van der Waals surface area contributed by atoms with E-state index in [1.54, 1.807) is 10.0 Å². The van der Waals surface area contributed by atoms with Crippen LogP contribution in [0.1, 0.15) is 30.0 Å². The van der Waals surface area contributed by atoms with Gasteiger partial charge in [0, 0.05) is 12.2 Å². The van der Waals surface area contributed by atoms with Crippen LogP contribution in [0.4, 0.5) is 5.69 Å². The van der Waals surface area contributed by atoms with E-state index in [9.17, 15) is 9.59 Å². The van der Waals surface area contributed by atoms with Crippen molar-refractivity contribution < 1.29 is 9.59 Å². The number of anilines is 1. The number of benzene rings is 2. The van der Waals surface area contributed by atoms with Gasteiger partial charge < -0.3 is 4.90 Å². The van der Waals surface area contributed by atoms with E-state index < -0.39 is 0 Å². The van der Waals surface area contributed by atoms with Gasteiger partial charge in [0.05, 0.1) is 19.1 Å². The van der Waals surface area contributed by atoms with Crippen molar-refractivity contribution in [2.24, 2.45) is 0 Å². The summed E-state index contributed by atoms with van der Waals surface area (Å²) in [4.78, 5) is 27.9. The van der Waals surface area contributed by atoms with E-state index in [2.05, 4.69) is 0 Å². The minimum Gasteiger partial charge on any atom is -0.353 e. The molecule has 2 aliphatic heterocycles. The first-order valence-corrected chi connectivity index (χ1v) is 9.12. The maximum Gasteiger partial charge on any atom is 0.261 e. The van der Waals surface area contributed by atoms with Gasteiger partial charge in [0.1, 0.15) is 0 Å². The van der Waals surface area contributed by atoms with Crippen LogP contribution in [0.15, 0.2) is 54.6 Å². The average Bonchev–Trinajstić information content (AvgIpc) is 2.80. The zero-order chi connectivity index (χ0) is 18.1. The summed E-state index contributed by atoms with van der Waals surface area (Å²) in [5.41, 5.74) is 3.16. The Kier molecular flexibility index (Phi) is 4.37. The molecule has 0 aliphatic carbocycles. The lowest BCUT2D eigenvalue weighted by Crippen LogP contribution is -2.54. The Labute approximate surface area is 153 Å². The molecule has 5 nitrogen and oxygen atoms in total. The third-order valence-electron chi connectivity index (χ3n) is 5.18. The number of hydrogen-bond donors (Lipinski definition) is 0. The van der Waals surface area contributed by atoms with E-state index in [0.717, 1.165) is 29.7 Å². The minimum absolute atomic E-state index is 0.0166. The fourth-order valence-corrected chi connectivity index (χ4v) is 3.84. The highest BCUT2D eigenvalue weighted by molar-refractivity contribution is 5.91. The predicted molar refractivity (Wildman–Crippen MR) is 100 cm³/mol. The molecule has 0 bridgehead atoms. The summed E-state index contributed by atoms with van der Waals surface area (Å²) in [6, 6.07) is 17.9. The van der Waals surface area contributed by atoms with E-state index >= 15 is 0 Å². The van der Waals surface area contributed by atoms with Gasteiger partial charge in [-0.1, -0.05) is 48.0 Å². The maximum atomic E-state index is 13.1. The molecule has 2 aromatic rings. The van der Waals surface area contributed by atoms with E-state index in [0.29, 0.717) is 6.54 Å². The van der Waals surface area contributed by atoms with Gasteiger partial charge in [-0.2, -0.15) is 0 Å². The molecule has 5 heteroatoms. The number of hydrogen-bond acceptors (Lipinski definition) is 3. The molecular weight excluding hydrogens is 326 g/mol. The van der Waals surface area contributed by atoms with Crippen LogP contribution in [0, 0.1) is 6.92 Å². The highest BCUT2D eigenvalue weighted by Gasteiger charge is 2.40. The number of amides is 2. The molecule has 0 unspecified atom stereocenters. The van der Waals surface area contributed by atoms with Gasteiger partial charge in [0.2, 0.25) is 0 Å². The van der Waals surface area contributed by atoms with E-state index in [4.69, 9.17) is 0 Å². The number of rotatable bonds is 2. The van der Waals surface area contributed by atoms with Crippen LogP contribution in [0.25, 0.3) is 0 Å². The second-order valence-electron chi connectivity index (χ2n) is 7.02. The number of aryl methyl sites for hydroxylation is 1. The largest absolute Gasteiger partial charge is 0.353 e. The first-order valence-electron chi connectivity index (χ1n) is 9.12. The third-order valence-corrected chi connectivity index (χ3v) is 5.18. The minimum atomic E-state index is -0.0700. The second-order valence-corrected chi connectivity index (χ2v) is 7.02. The molecule has 2 amide bonds. The van der Waals surface area contributed by atoms with Gasteiger partial charge in [-0.3, -0.25) is 9.59 Å². The maximum absolute atomic E-state index is 13.1. The molecule has 2 heterocycles. The molecule has 2 aliphatic rings. The molecule has 0 saturated carbocycles. The molecule has 2 fully saturated rings. The molecule has 0 radical (unpaired) electrons. The summed E-state index contributed by atoms with van der Waals surface area (Å²) in [6.07, 6.45) is 1.78. The Balaban J connectivity index is 1.65. The number of carbonyl (C=O) groups excluding carboxylic acids is 2. The highest BCUT2D eigenvalue weighted by atomic mass is 16.2. The lowest BCUT2D eigenvalue weighted by molar-refractivity contribution is -0.171. The van der Waals surface area contributed by atoms with Crippen molar-refractivity contribution in [2.75, 3.05) is 24.5 Å². The average molecular weight is 349 g/mol. The first-order chi connectivity index (χ1) is 12.6. The summed E-state index contributed by atoms with van der Waals surface area (Å²) < 4.78 is 0. The van der Waals surface area contributed by atoms with Crippen molar-refractivity contribution in [1.29, 1.82) is 0 Å². The summed E-state index contributed by atoms with van der Waals surface area (Å²) in [5, 5.41) is 3.37. The van der Waals surface area contributed by atoms with Gasteiger partial charge in [0.15, 0.2) is 0 Å². The Morgan fingerprint density at radius 2 is 1.58 bits per heavy atom. The van der Waals surface area contributed by atoms with Crippen molar-refractivity contribution in [3.05, 3.63) is 65.7 Å². The molecule has 26 heavy (non-hydrogen) atoms. The number of fused-ring (bicyclic) bond motifs is 1. The molecular formula is C21H23N3O2. The molecule has 2 saturated heterocycles. The molecule has 4 rings (SSSR count). The quantitative estimate of drug-likeness (QED) is 0.837. The van der Waals surface area contributed by atoms with Crippen LogP contribution in [0.3, 0.4) is 0 Å². The Hall–Kier alpha value is -2.82. The number of nitrogens with zero attached hydrogens (tertiary/aromatic N) is 3. The highest BCUT2D eigenvalue weighted by Crippen LogP contribution is 2.33. The normalized spacial score (nSPS) is 20.8. The van der Waals surface area contributed by atoms with Gasteiger partial charge in [-0.15, -0.1) is 0 Å². The molecule has 134 valence electrons. The van der Waals surface area contributed by atoms with Crippen molar-refractivity contribution in [2.45, 2.75) is 25.8 Å². The fraction of sp³-hybridized carbons (Fsp3) is 0.333. The Morgan fingerprint density at radius 1 is 0.885 bits per heavy atom. The summed E-state index contributed by atoms with van der Waals surface area (Å²) >= 11 is 0. The smallest absolute Gasteiger partial charge is 0.261 e. The van der Waals surface area contributed by atoms with Gasteiger partial charge >= 0.3 is 0 Å². The van der Waals surface area contributed by atoms with Crippen LogP contribution in [-0.4, -0.2) is 41.5 Å². The Morgan fingerprint density at radius 3 is 2.31 bits per heavy atom. The number of carbonyl (C=O) groups is 2. The number of hydrazine groups is 1. The lowest BCUT2D eigenvalue weighted by atomic mass is 9.99. The Bertz CT molecular complexity index is 804. The fourth-order valence-electron chi connectivity index (χ4n) is 3.84. The molecule has 1 atom stereocenters. The van der Waals surface area contributed by atoms with Crippen molar-refractivity contribution in [3.8, 4) is 0 Å². The van der Waals surface area contributed by atoms with Crippen molar-refractivity contribution in [1.82, 2.24) is 10.0 Å². The van der Waals surface area contributed by atoms with Gasteiger partial charge in [0.25, 0.3) is 11.8 Å². The molecule has 0 aromatic heterocycles. The topological polar surface area (TPSA) is 43.9 Å². The van der Waals surface area contributed by atoms with Crippen molar-refractivity contribution in [3.63, 3.8) is 0 Å². The van der Waals surface area contributed by atoms with Crippen LogP contribution < -0.4 is 4.90 Å². The zero-order valence-corrected chi connectivity index (χ0v) is 15.0. The first kappa shape index (κ1) is 16.6. The van der Waals surface area contributed by atoms with Crippen molar-refractivity contribution >= 4 is 17.5 Å². The van der Waals surface area contributed by atoms with Gasteiger partial charge in [-0.25, -0.2) is 10.0 Å². The molecule has 0 N–H and O–H groups in total. The van der Waals surface area contributed by atoms with E-state index in [-0.39, 0.29) is 30.9 Å². The standard InChI is InChI=1S/C21H23N3O2/c1-16-9-11-18(12-10-16)22-14-20(25)23-13-5-8-19(24(23)21(26)15-22)17-6-3-2-4-7-17/h2-4,6-7,9-12,19H,5,8,13-15H2,1H3/t19-/m1/s1. The predicted octanol–water partition coefficient (Wildman–Crippen LogP) is 2.92. The van der Waals surface area contributed by atoms with Crippen LogP contribution >= 0.6 is 0 Å². The van der Waals surface area contributed by atoms with E-state index in [1.165, 1.54) is 0 Å². The second kappa shape index (κ2) is 6.83. The van der Waals surface area contributed by atoms with Crippen LogP contribution in [0.5, 0.6) is 0 Å².